The van der Waals surface area contributed by atoms with Gasteiger partial charge < -0.3 is 9.84 Å². The first-order valence-corrected chi connectivity index (χ1v) is 6.03. The van der Waals surface area contributed by atoms with Crippen molar-refractivity contribution in [1.82, 2.24) is 14.5 Å². The zero-order chi connectivity index (χ0) is 11.8. The maximum Gasteiger partial charge on any atom is 0.298 e. The van der Waals surface area contributed by atoms with E-state index in [1.807, 2.05) is 16.7 Å². The molecule has 0 spiro atoms. The van der Waals surface area contributed by atoms with E-state index in [2.05, 4.69) is 25.9 Å². The predicted molar refractivity (Wildman–Crippen MR) is 64.7 cm³/mol. The predicted octanol–water partition coefficient (Wildman–Crippen LogP) is 1.46. The Labute approximate surface area is 106 Å². The van der Waals surface area contributed by atoms with Gasteiger partial charge in [0.1, 0.15) is 10.7 Å². The van der Waals surface area contributed by atoms with Crippen LogP contribution in [0, 0.1) is 0 Å². The molecule has 0 aliphatic carbocycles. The zero-order valence-corrected chi connectivity index (χ0v) is 10.5. The van der Waals surface area contributed by atoms with Gasteiger partial charge in [-0.2, -0.15) is 4.98 Å². The summed E-state index contributed by atoms with van der Waals surface area (Å²) in [4.78, 5) is 8.38. The summed E-state index contributed by atoms with van der Waals surface area (Å²) in [6.07, 6.45) is 3.30. The molecule has 0 saturated carbocycles. The molecule has 0 radical (unpaired) electrons. The van der Waals surface area contributed by atoms with Gasteiger partial charge in [0.15, 0.2) is 0 Å². The van der Waals surface area contributed by atoms with E-state index in [0.717, 1.165) is 15.9 Å². The van der Waals surface area contributed by atoms with Crippen LogP contribution in [0.25, 0.3) is 11.3 Å². The Morgan fingerprint density at radius 3 is 3.18 bits per heavy atom. The Morgan fingerprint density at radius 1 is 1.59 bits per heavy atom. The van der Waals surface area contributed by atoms with Crippen LogP contribution >= 0.6 is 15.9 Å². The van der Waals surface area contributed by atoms with Crippen molar-refractivity contribution in [2.45, 2.75) is 12.6 Å². The quantitative estimate of drug-likeness (QED) is 0.911. The first-order valence-electron chi connectivity index (χ1n) is 5.23. The van der Waals surface area contributed by atoms with Crippen molar-refractivity contribution < 1.29 is 9.84 Å². The molecule has 1 N–H and O–H groups in total. The smallest absolute Gasteiger partial charge is 0.298 e. The monoisotopic (exact) mass is 295 g/mol. The lowest BCUT2D eigenvalue weighted by molar-refractivity contribution is 0.129. The number of imidazole rings is 1. The first-order chi connectivity index (χ1) is 8.29. The van der Waals surface area contributed by atoms with Gasteiger partial charge in [-0.1, -0.05) is 0 Å². The van der Waals surface area contributed by atoms with E-state index in [4.69, 9.17) is 9.84 Å². The number of hydrogen-bond acceptors (Lipinski definition) is 4. The van der Waals surface area contributed by atoms with E-state index in [9.17, 15) is 0 Å². The molecule has 3 rings (SSSR count). The molecule has 0 saturated heterocycles. The van der Waals surface area contributed by atoms with Gasteiger partial charge >= 0.3 is 0 Å². The highest BCUT2D eigenvalue weighted by atomic mass is 79.9. The summed E-state index contributed by atoms with van der Waals surface area (Å²) in [5.74, 6) is 0. The summed E-state index contributed by atoms with van der Waals surface area (Å²) < 4.78 is 8.17. The van der Waals surface area contributed by atoms with E-state index >= 15 is 0 Å². The lowest BCUT2D eigenvalue weighted by Gasteiger charge is -2.06. The summed E-state index contributed by atoms with van der Waals surface area (Å²) in [7, 11) is 0. The number of aliphatic hydroxyl groups is 1. The summed E-state index contributed by atoms with van der Waals surface area (Å²) in [5.41, 5.74) is 1.91. The van der Waals surface area contributed by atoms with Gasteiger partial charge in [-0.05, 0) is 28.1 Å². The molecule has 2 aromatic rings. The number of ether oxygens (including phenoxy) is 1. The lowest BCUT2D eigenvalue weighted by Crippen LogP contribution is -2.19. The number of aliphatic hydroxyl groups excluding tert-OH is 1. The molecule has 1 aliphatic rings. The van der Waals surface area contributed by atoms with Crippen LogP contribution in [-0.4, -0.2) is 32.4 Å². The number of nitrogens with zero attached hydrogens (tertiary/aromatic N) is 3. The van der Waals surface area contributed by atoms with Crippen molar-refractivity contribution in [3.8, 4) is 17.3 Å². The van der Waals surface area contributed by atoms with Crippen LogP contribution in [0.4, 0.5) is 0 Å². The molecule has 88 valence electrons. The van der Waals surface area contributed by atoms with Crippen molar-refractivity contribution >= 4 is 15.9 Å². The third-order valence-corrected chi connectivity index (χ3v) is 3.24. The molecular weight excluding hydrogens is 286 g/mol. The van der Waals surface area contributed by atoms with Gasteiger partial charge in [-0.25, -0.2) is 0 Å². The number of aromatic nitrogens is 3. The van der Waals surface area contributed by atoms with Crippen molar-refractivity contribution in [2.75, 3.05) is 6.61 Å². The van der Waals surface area contributed by atoms with Crippen LogP contribution in [0.3, 0.4) is 0 Å². The van der Waals surface area contributed by atoms with Crippen LogP contribution < -0.4 is 4.74 Å². The van der Waals surface area contributed by atoms with E-state index in [-0.39, 0.29) is 12.7 Å². The molecule has 0 bridgehead atoms. The minimum absolute atomic E-state index is 0.00649. The second-order valence-corrected chi connectivity index (χ2v) is 4.56. The molecule has 1 unspecified atom stereocenters. The SMILES string of the molecule is OCC1Cn2c(nc(Br)c2-c2cccnc2)O1. The van der Waals surface area contributed by atoms with Gasteiger partial charge in [-0.15, -0.1) is 0 Å². The Morgan fingerprint density at radius 2 is 2.47 bits per heavy atom. The van der Waals surface area contributed by atoms with Gasteiger partial charge in [0, 0.05) is 18.0 Å². The fourth-order valence-electron chi connectivity index (χ4n) is 1.93. The summed E-state index contributed by atoms with van der Waals surface area (Å²) in [6, 6.07) is 4.38. The normalized spacial score (nSPS) is 17.9. The van der Waals surface area contributed by atoms with Crippen LogP contribution in [0.1, 0.15) is 0 Å². The highest BCUT2D eigenvalue weighted by Crippen LogP contribution is 2.35. The molecule has 0 amide bonds. The molecule has 0 aromatic carbocycles. The third kappa shape index (κ3) is 1.73. The van der Waals surface area contributed by atoms with Crippen LogP contribution in [0.2, 0.25) is 0 Å². The first kappa shape index (κ1) is 10.7. The Hall–Kier alpha value is -1.40. The summed E-state index contributed by atoms with van der Waals surface area (Å²) >= 11 is 3.42. The largest absolute Gasteiger partial charge is 0.457 e. The zero-order valence-electron chi connectivity index (χ0n) is 8.88. The molecule has 1 atom stereocenters. The van der Waals surface area contributed by atoms with Gasteiger partial charge in [0.05, 0.1) is 18.8 Å². The standard InChI is InChI=1S/C11H10BrN3O2/c12-10-9(7-2-1-3-13-4-7)15-5-8(6-16)17-11(15)14-10/h1-4,8,16H,5-6H2. The highest BCUT2D eigenvalue weighted by Gasteiger charge is 2.28. The van der Waals surface area contributed by atoms with Crippen molar-refractivity contribution in [3.63, 3.8) is 0 Å². The van der Waals surface area contributed by atoms with Gasteiger partial charge in [0.2, 0.25) is 0 Å². The molecule has 5 nitrogen and oxygen atoms in total. The van der Waals surface area contributed by atoms with Crippen LogP contribution in [0.15, 0.2) is 29.1 Å². The Kier molecular flexibility index (Phi) is 2.60. The molecule has 3 heterocycles. The van der Waals surface area contributed by atoms with E-state index in [1.165, 1.54) is 0 Å². The Balaban J connectivity index is 2.08. The average Bonchev–Trinajstić information content (AvgIpc) is 2.86. The van der Waals surface area contributed by atoms with E-state index in [1.54, 1.807) is 12.4 Å². The maximum atomic E-state index is 9.10. The van der Waals surface area contributed by atoms with Crippen molar-refractivity contribution in [1.29, 1.82) is 0 Å². The van der Waals surface area contributed by atoms with Crippen LogP contribution in [-0.2, 0) is 6.54 Å². The van der Waals surface area contributed by atoms with E-state index < -0.39 is 0 Å². The number of rotatable bonds is 2. The summed E-state index contributed by atoms with van der Waals surface area (Å²) in [5, 5.41) is 9.10. The van der Waals surface area contributed by atoms with Crippen molar-refractivity contribution in [2.24, 2.45) is 0 Å². The van der Waals surface area contributed by atoms with Gasteiger partial charge in [0.25, 0.3) is 6.01 Å². The lowest BCUT2D eigenvalue weighted by atomic mass is 10.2. The second-order valence-electron chi connectivity index (χ2n) is 3.81. The number of fused-ring (bicyclic) bond motifs is 1. The third-order valence-electron chi connectivity index (χ3n) is 2.69. The average molecular weight is 296 g/mol. The summed E-state index contributed by atoms with van der Waals surface area (Å²) in [6.45, 7) is 0.599. The van der Waals surface area contributed by atoms with E-state index in [0.29, 0.717) is 12.6 Å². The molecule has 17 heavy (non-hydrogen) atoms. The maximum absolute atomic E-state index is 9.10. The fourth-order valence-corrected chi connectivity index (χ4v) is 2.52. The number of halogens is 1. The fraction of sp³-hybridized carbons (Fsp3) is 0.273. The number of pyridine rings is 1. The Bertz CT molecular complexity index is 541. The minimum Gasteiger partial charge on any atom is -0.457 e. The molecule has 2 aromatic heterocycles. The molecule has 0 fully saturated rings. The topological polar surface area (TPSA) is 60.2 Å². The highest BCUT2D eigenvalue weighted by molar-refractivity contribution is 9.10. The second kappa shape index (κ2) is 4.12. The molecule has 6 heteroatoms. The van der Waals surface area contributed by atoms with Gasteiger partial charge in [-0.3, -0.25) is 9.55 Å². The number of hydrogen-bond donors (Lipinski definition) is 1. The molecular formula is C11H10BrN3O2. The van der Waals surface area contributed by atoms with Crippen molar-refractivity contribution in [3.05, 3.63) is 29.1 Å². The minimum atomic E-state index is -0.207. The van der Waals surface area contributed by atoms with Crippen LogP contribution in [0.5, 0.6) is 6.01 Å². The molecule has 1 aliphatic heterocycles.